The normalized spacial score (nSPS) is 11.3. The number of hydrogen-bond donors (Lipinski definition) is 1. The molecule has 0 aromatic carbocycles. The lowest BCUT2D eigenvalue weighted by Crippen LogP contribution is -2.04. The largest absolute Gasteiger partial charge is 0.360 e. The Morgan fingerprint density at radius 1 is 1.29 bits per heavy atom. The molecule has 0 amide bonds. The quantitative estimate of drug-likeness (QED) is 0.816. The molecule has 0 saturated carbocycles. The van der Waals surface area contributed by atoms with Crippen molar-refractivity contribution in [2.45, 2.75) is 40.0 Å². The smallest absolute Gasteiger partial charge is 0.202 e. The van der Waals surface area contributed by atoms with Crippen LogP contribution in [0.3, 0.4) is 0 Å². The first-order valence-electron chi connectivity index (χ1n) is 5.17. The molecule has 0 aliphatic carbocycles. The summed E-state index contributed by atoms with van der Waals surface area (Å²) in [5, 5.41) is 4.25. The Morgan fingerprint density at radius 3 is 2.50 bits per heavy atom. The first-order chi connectivity index (χ1) is 6.59. The van der Waals surface area contributed by atoms with Crippen molar-refractivity contribution in [3.63, 3.8) is 0 Å². The lowest BCUT2D eigenvalue weighted by atomic mass is 10.1. The van der Waals surface area contributed by atoms with Gasteiger partial charge in [0.25, 0.3) is 0 Å². The molecule has 0 saturated heterocycles. The van der Waals surface area contributed by atoms with Crippen LogP contribution in [0.4, 0.5) is 5.13 Å². The third kappa shape index (κ3) is 3.62. The van der Waals surface area contributed by atoms with Gasteiger partial charge in [-0.1, -0.05) is 27.7 Å². The Morgan fingerprint density at radius 2 is 2.00 bits per heavy atom. The summed E-state index contributed by atoms with van der Waals surface area (Å²) in [7, 11) is 0. The number of nitrogens with zero attached hydrogens (tertiary/aromatic N) is 2. The fourth-order valence-corrected chi connectivity index (χ4v) is 1.74. The molecule has 1 heterocycles. The van der Waals surface area contributed by atoms with Gasteiger partial charge in [0.05, 0.1) is 0 Å². The third-order valence-electron chi connectivity index (χ3n) is 1.96. The van der Waals surface area contributed by atoms with Crippen LogP contribution >= 0.6 is 11.5 Å². The van der Waals surface area contributed by atoms with E-state index in [2.05, 4.69) is 42.4 Å². The number of nitrogens with one attached hydrogen (secondary N) is 1. The maximum atomic E-state index is 4.40. The van der Waals surface area contributed by atoms with Gasteiger partial charge in [-0.15, -0.1) is 0 Å². The van der Waals surface area contributed by atoms with E-state index in [1.54, 1.807) is 0 Å². The Labute approximate surface area is 90.1 Å². The summed E-state index contributed by atoms with van der Waals surface area (Å²) in [6, 6.07) is 0. The summed E-state index contributed by atoms with van der Waals surface area (Å²) in [5.41, 5.74) is 0. The van der Waals surface area contributed by atoms with E-state index in [1.165, 1.54) is 18.0 Å². The number of aromatic nitrogens is 2. The first kappa shape index (κ1) is 11.4. The summed E-state index contributed by atoms with van der Waals surface area (Å²) < 4.78 is 4.28. The highest BCUT2D eigenvalue weighted by Gasteiger charge is 2.06. The van der Waals surface area contributed by atoms with Gasteiger partial charge in [-0.25, -0.2) is 4.98 Å². The van der Waals surface area contributed by atoms with E-state index < -0.39 is 0 Å². The number of rotatable bonds is 5. The van der Waals surface area contributed by atoms with Crippen LogP contribution in [0.2, 0.25) is 0 Å². The summed E-state index contributed by atoms with van der Waals surface area (Å²) >= 11 is 1.46. The van der Waals surface area contributed by atoms with Gasteiger partial charge in [-0.05, 0) is 12.3 Å². The summed E-state index contributed by atoms with van der Waals surface area (Å²) in [5.74, 6) is 2.11. The Balaban J connectivity index is 2.36. The van der Waals surface area contributed by atoms with Gasteiger partial charge >= 0.3 is 0 Å². The minimum Gasteiger partial charge on any atom is -0.360 e. The van der Waals surface area contributed by atoms with Crippen LogP contribution in [-0.4, -0.2) is 15.9 Å². The molecular formula is C10H19N3S. The summed E-state index contributed by atoms with van der Waals surface area (Å²) in [6.07, 6.45) is 1.18. The molecule has 14 heavy (non-hydrogen) atoms. The molecule has 3 nitrogen and oxygen atoms in total. The molecule has 0 radical (unpaired) electrons. The van der Waals surface area contributed by atoms with E-state index in [1.807, 2.05) is 0 Å². The van der Waals surface area contributed by atoms with E-state index >= 15 is 0 Å². The lowest BCUT2D eigenvalue weighted by molar-refractivity contribution is 0.607. The summed E-state index contributed by atoms with van der Waals surface area (Å²) in [6.45, 7) is 9.66. The van der Waals surface area contributed by atoms with E-state index in [-0.39, 0.29) is 0 Å². The second kappa shape index (κ2) is 5.29. The van der Waals surface area contributed by atoms with Crippen molar-refractivity contribution in [2.75, 3.05) is 11.9 Å². The monoisotopic (exact) mass is 213 g/mol. The van der Waals surface area contributed by atoms with Crippen LogP contribution < -0.4 is 5.32 Å². The average molecular weight is 213 g/mol. The van der Waals surface area contributed by atoms with Crippen LogP contribution in [0.5, 0.6) is 0 Å². The van der Waals surface area contributed by atoms with Crippen LogP contribution in [0.15, 0.2) is 0 Å². The fraction of sp³-hybridized carbons (Fsp3) is 0.800. The van der Waals surface area contributed by atoms with Crippen molar-refractivity contribution in [2.24, 2.45) is 5.92 Å². The topological polar surface area (TPSA) is 37.8 Å². The van der Waals surface area contributed by atoms with Crippen molar-refractivity contribution >= 4 is 16.7 Å². The van der Waals surface area contributed by atoms with Gasteiger partial charge in [0, 0.05) is 24.0 Å². The van der Waals surface area contributed by atoms with Crippen molar-refractivity contribution in [3.8, 4) is 0 Å². The molecule has 0 atom stereocenters. The first-order valence-corrected chi connectivity index (χ1v) is 5.94. The number of hydrogen-bond acceptors (Lipinski definition) is 4. The summed E-state index contributed by atoms with van der Waals surface area (Å²) in [4.78, 5) is 4.40. The van der Waals surface area contributed by atoms with E-state index in [9.17, 15) is 0 Å². The minimum atomic E-state index is 0.423. The zero-order valence-electron chi connectivity index (χ0n) is 9.37. The molecule has 1 aromatic rings. The van der Waals surface area contributed by atoms with Crippen molar-refractivity contribution in [1.29, 1.82) is 0 Å². The predicted octanol–water partition coefficient (Wildman–Crippen LogP) is 3.12. The molecule has 0 bridgehead atoms. The van der Waals surface area contributed by atoms with Gasteiger partial charge in [0.1, 0.15) is 5.82 Å². The molecule has 4 heteroatoms. The van der Waals surface area contributed by atoms with E-state index in [4.69, 9.17) is 0 Å². The Bertz CT molecular complexity index is 268. The molecule has 0 aliphatic heterocycles. The molecule has 0 fully saturated rings. The number of anilines is 1. The molecular weight excluding hydrogens is 194 g/mol. The second-order valence-corrected chi connectivity index (χ2v) is 4.97. The minimum absolute atomic E-state index is 0.423. The molecule has 0 unspecified atom stereocenters. The predicted molar refractivity (Wildman–Crippen MR) is 61.9 cm³/mol. The van der Waals surface area contributed by atoms with Gasteiger partial charge in [-0.3, -0.25) is 0 Å². The molecule has 1 aromatic heterocycles. The van der Waals surface area contributed by atoms with E-state index in [0.717, 1.165) is 23.4 Å². The molecule has 0 spiro atoms. The van der Waals surface area contributed by atoms with Gasteiger partial charge < -0.3 is 5.32 Å². The maximum Gasteiger partial charge on any atom is 0.202 e. The van der Waals surface area contributed by atoms with Crippen LogP contribution in [0.1, 0.15) is 45.9 Å². The average Bonchev–Trinajstić information content (AvgIpc) is 2.52. The highest BCUT2D eigenvalue weighted by Crippen LogP contribution is 2.17. The highest BCUT2D eigenvalue weighted by molar-refractivity contribution is 7.09. The van der Waals surface area contributed by atoms with Gasteiger partial charge in [0.15, 0.2) is 0 Å². The SMILES string of the molecule is CC(C)CCNc1nc(C(C)C)ns1. The van der Waals surface area contributed by atoms with Crippen molar-refractivity contribution in [3.05, 3.63) is 5.82 Å². The molecule has 1 rings (SSSR count). The zero-order chi connectivity index (χ0) is 10.6. The van der Waals surface area contributed by atoms with Crippen LogP contribution in [0.25, 0.3) is 0 Å². The maximum absolute atomic E-state index is 4.40. The van der Waals surface area contributed by atoms with Crippen molar-refractivity contribution < 1.29 is 0 Å². The van der Waals surface area contributed by atoms with Crippen molar-refractivity contribution in [1.82, 2.24) is 9.36 Å². The highest BCUT2D eigenvalue weighted by atomic mass is 32.1. The lowest BCUT2D eigenvalue weighted by Gasteiger charge is -2.04. The fourth-order valence-electron chi connectivity index (χ4n) is 1.01. The van der Waals surface area contributed by atoms with Crippen LogP contribution in [0, 0.1) is 5.92 Å². The van der Waals surface area contributed by atoms with Gasteiger partial charge in [-0.2, -0.15) is 4.37 Å². The molecule has 80 valence electrons. The van der Waals surface area contributed by atoms with E-state index in [0.29, 0.717) is 5.92 Å². The Kier molecular flexibility index (Phi) is 4.32. The zero-order valence-corrected chi connectivity index (χ0v) is 10.2. The van der Waals surface area contributed by atoms with Gasteiger partial charge in [0.2, 0.25) is 5.13 Å². The van der Waals surface area contributed by atoms with Crippen LogP contribution in [-0.2, 0) is 0 Å². The molecule has 1 N–H and O–H groups in total. The second-order valence-electron chi connectivity index (χ2n) is 4.22. The molecule has 0 aliphatic rings. The Hall–Kier alpha value is -0.640. The standard InChI is InChI=1S/C10H19N3S/c1-7(2)5-6-11-10-12-9(8(3)4)13-14-10/h7-8H,5-6H2,1-4H3,(H,11,12,13). The third-order valence-corrected chi connectivity index (χ3v) is 2.64.